The molecule has 0 atom stereocenters. The highest BCUT2D eigenvalue weighted by molar-refractivity contribution is 5.87. The van der Waals surface area contributed by atoms with Gasteiger partial charge in [0.15, 0.2) is 6.29 Å². The smallest absolute Gasteiger partial charge is 0.153 e. The predicted octanol–water partition coefficient (Wildman–Crippen LogP) is 3.74. The van der Waals surface area contributed by atoms with Gasteiger partial charge in [0.25, 0.3) is 0 Å². The Morgan fingerprint density at radius 2 is 1.91 bits per heavy atom. The molecular weight excluding hydrogens is 279 g/mol. The van der Waals surface area contributed by atoms with Gasteiger partial charge in [0.1, 0.15) is 5.82 Å². The molecule has 1 heterocycles. The minimum atomic E-state index is -0.510. The van der Waals surface area contributed by atoms with Gasteiger partial charge in [-0.15, -0.1) is 0 Å². The summed E-state index contributed by atoms with van der Waals surface area (Å²) in [6, 6.07) is 14.8. The molecule has 0 fully saturated rings. The van der Waals surface area contributed by atoms with E-state index in [2.05, 4.69) is 17.2 Å². The van der Waals surface area contributed by atoms with Gasteiger partial charge in [-0.25, -0.2) is 4.39 Å². The van der Waals surface area contributed by atoms with Gasteiger partial charge < -0.3 is 0 Å². The number of aldehydes is 1. The van der Waals surface area contributed by atoms with E-state index in [-0.39, 0.29) is 5.56 Å². The zero-order valence-electron chi connectivity index (χ0n) is 11.9. The first-order valence-electron chi connectivity index (χ1n) is 7.08. The summed E-state index contributed by atoms with van der Waals surface area (Å²) in [7, 11) is 0. The fourth-order valence-corrected chi connectivity index (χ4v) is 2.42. The fraction of sp³-hybridized carbons (Fsp3) is 0.111. The van der Waals surface area contributed by atoms with Crippen molar-refractivity contribution in [2.45, 2.75) is 13.0 Å². The second-order valence-electron chi connectivity index (χ2n) is 5.05. The maximum Gasteiger partial charge on any atom is 0.153 e. The molecule has 2 aromatic carbocycles. The Morgan fingerprint density at radius 1 is 1.09 bits per heavy atom. The van der Waals surface area contributed by atoms with Gasteiger partial charge in [0.2, 0.25) is 0 Å². The van der Waals surface area contributed by atoms with E-state index < -0.39 is 5.82 Å². The first kappa shape index (κ1) is 14.2. The number of carbonyl (C=O) groups is 1. The van der Waals surface area contributed by atoms with E-state index in [1.807, 2.05) is 29.1 Å². The number of rotatable bonds is 5. The minimum absolute atomic E-state index is 0.0742. The number of hydrogen-bond acceptors (Lipinski definition) is 2. The second kappa shape index (κ2) is 6.35. The molecule has 4 heteroatoms. The number of hydrogen-bond donors (Lipinski definition) is 0. The van der Waals surface area contributed by atoms with E-state index in [0.29, 0.717) is 11.8 Å². The Hall–Kier alpha value is -2.75. The first-order valence-corrected chi connectivity index (χ1v) is 7.08. The number of benzene rings is 2. The highest BCUT2D eigenvalue weighted by Gasteiger charge is 2.11. The van der Waals surface area contributed by atoms with Crippen molar-refractivity contribution < 1.29 is 9.18 Å². The molecule has 3 rings (SSSR count). The molecule has 0 aliphatic rings. The molecule has 0 aliphatic carbocycles. The van der Waals surface area contributed by atoms with Crippen molar-refractivity contribution in [3.63, 3.8) is 0 Å². The molecule has 0 bridgehead atoms. The number of halogens is 1. The minimum Gasteiger partial charge on any atom is -0.298 e. The molecule has 0 amide bonds. The topological polar surface area (TPSA) is 34.9 Å². The average Bonchev–Trinajstić information content (AvgIpc) is 3.02. The van der Waals surface area contributed by atoms with Crippen molar-refractivity contribution in [2.75, 3.05) is 0 Å². The Labute approximate surface area is 128 Å². The molecule has 0 saturated carbocycles. The molecule has 0 aliphatic heterocycles. The van der Waals surface area contributed by atoms with E-state index in [9.17, 15) is 9.18 Å². The van der Waals surface area contributed by atoms with Gasteiger partial charge >= 0.3 is 0 Å². The van der Waals surface area contributed by atoms with Crippen LogP contribution in [0.1, 0.15) is 15.9 Å². The summed E-state index contributed by atoms with van der Waals surface area (Å²) >= 11 is 0. The number of nitrogens with zero attached hydrogens (tertiary/aromatic N) is 2. The van der Waals surface area contributed by atoms with Crippen LogP contribution in [0.15, 0.2) is 60.9 Å². The van der Waals surface area contributed by atoms with Gasteiger partial charge in [-0.2, -0.15) is 5.10 Å². The van der Waals surface area contributed by atoms with Gasteiger partial charge in [-0.05, 0) is 23.6 Å². The molecule has 0 N–H and O–H groups in total. The molecule has 110 valence electrons. The summed E-state index contributed by atoms with van der Waals surface area (Å²) in [5, 5.41) is 4.29. The third-order valence-corrected chi connectivity index (χ3v) is 3.59. The molecular formula is C18H15FN2O. The molecule has 22 heavy (non-hydrogen) atoms. The van der Waals surface area contributed by atoms with E-state index >= 15 is 0 Å². The Balaban J connectivity index is 1.79. The van der Waals surface area contributed by atoms with Gasteiger partial charge in [0.05, 0.1) is 11.8 Å². The zero-order valence-corrected chi connectivity index (χ0v) is 11.9. The first-order chi connectivity index (χ1) is 10.8. The highest BCUT2D eigenvalue weighted by Crippen LogP contribution is 2.24. The van der Waals surface area contributed by atoms with Crippen LogP contribution < -0.4 is 0 Å². The molecule has 3 aromatic rings. The summed E-state index contributed by atoms with van der Waals surface area (Å²) in [6.45, 7) is 0.732. The Bertz CT molecular complexity index is 781. The van der Waals surface area contributed by atoms with Crippen LogP contribution in [-0.4, -0.2) is 16.1 Å². The van der Waals surface area contributed by atoms with Crippen molar-refractivity contribution in [3.8, 4) is 11.1 Å². The summed E-state index contributed by atoms with van der Waals surface area (Å²) in [5.74, 6) is -0.510. The van der Waals surface area contributed by atoms with Crippen molar-refractivity contribution in [3.05, 3.63) is 77.9 Å². The number of aryl methyl sites for hydroxylation is 2. The monoisotopic (exact) mass is 294 g/mol. The lowest BCUT2D eigenvalue weighted by atomic mass is 10.0. The lowest BCUT2D eigenvalue weighted by Crippen LogP contribution is -2.01. The Morgan fingerprint density at radius 3 is 2.68 bits per heavy atom. The third-order valence-electron chi connectivity index (χ3n) is 3.59. The van der Waals surface area contributed by atoms with Gasteiger partial charge in [-0.1, -0.05) is 42.5 Å². The van der Waals surface area contributed by atoms with Crippen LogP contribution in [0.2, 0.25) is 0 Å². The van der Waals surface area contributed by atoms with E-state index in [4.69, 9.17) is 0 Å². The molecule has 0 saturated heterocycles. The predicted molar refractivity (Wildman–Crippen MR) is 83.2 cm³/mol. The summed E-state index contributed by atoms with van der Waals surface area (Å²) in [5.41, 5.74) is 2.62. The second-order valence-corrected chi connectivity index (χ2v) is 5.05. The van der Waals surface area contributed by atoms with E-state index in [0.717, 1.165) is 18.5 Å². The van der Waals surface area contributed by atoms with Crippen molar-refractivity contribution in [2.24, 2.45) is 0 Å². The van der Waals surface area contributed by atoms with Crippen LogP contribution in [0.4, 0.5) is 4.39 Å². The van der Waals surface area contributed by atoms with Crippen molar-refractivity contribution in [1.82, 2.24) is 9.78 Å². The quantitative estimate of drug-likeness (QED) is 0.672. The van der Waals surface area contributed by atoms with E-state index in [1.54, 1.807) is 18.3 Å². The molecule has 0 radical (unpaired) electrons. The van der Waals surface area contributed by atoms with Crippen LogP contribution in [0.3, 0.4) is 0 Å². The SMILES string of the molecule is O=Cc1c(F)cccc1-c1cnn(CCc2ccccc2)c1. The van der Waals surface area contributed by atoms with Crippen LogP contribution in [-0.2, 0) is 13.0 Å². The highest BCUT2D eigenvalue weighted by atomic mass is 19.1. The lowest BCUT2D eigenvalue weighted by molar-refractivity contribution is 0.112. The largest absolute Gasteiger partial charge is 0.298 e. The maximum absolute atomic E-state index is 13.7. The third kappa shape index (κ3) is 2.96. The summed E-state index contributed by atoms with van der Waals surface area (Å²) in [4.78, 5) is 11.1. The zero-order chi connectivity index (χ0) is 15.4. The standard InChI is InChI=1S/C18H15FN2O/c19-18-8-4-7-16(17(18)13-22)15-11-20-21(12-15)10-9-14-5-2-1-3-6-14/h1-8,11-13H,9-10H2. The van der Waals surface area contributed by atoms with E-state index in [1.165, 1.54) is 11.6 Å². The number of carbonyl (C=O) groups excluding carboxylic acids is 1. The van der Waals surface area contributed by atoms with Crippen LogP contribution in [0.5, 0.6) is 0 Å². The van der Waals surface area contributed by atoms with Crippen LogP contribution in [0.25, 0.3) is 11.1 Å². The molecule has 1 aromatic heterocycles. The molecule has 0 unspecified atom stereocenters. The maximum atomic E-state index is 13.7. The Kier molecular flexibility index (Phi) is 4.10. The lowest BCUT2D eigenvalue weighted by Gasteiger charge is -2.03. The average molecular weight is 294 g/mol. The summed E-state index contributed by atoms with van der Waals surface area (Å²) < 4.78 is 15.5. The summed E-state index contributed by atoms with van der Waals surface area (Å²) in [6.07, 6.45) is 4.91. The van der Waals surface area contributed by atoms with Gasteiger partial charge in [0, 0.05) is 18.3 Å². The van der Waals surface area contributed by atoms with Crippen LogP contribution in [0, 0.1) is 5.82 Å². The van der Waals surface area contributed by atoms with Crippen LogP contribution >= 0.6 is 0 Å². The van der Waals surface area contributed by atoms with Crippen molar-refractivity contribution >= 4 is 6.29 Å². The van der Waals surface area contributed by atoms with Crippen molar-refractivity contribution in [1.29, 1.82) is 0 Å². The number of aromatic nitrogens is 2. The normalized spacial score (nSPS) is 10.6. The molecule has 3 nitrogen and oxygen atoms in total. The molecule has 0 spiro atoms. The van der Waals surface area contributed by atoms with Gasteiger partial charge in [-0.3, -0.25) is 9.48 Å². The fourth-order valence-electron chi connectivity index (χ4n) is 2.42.